The molecular weight excluding hydrogens is 572 g/mol. The Balaban J connectivity index is 2.18. The molecule has 0 radical (unpaired) electrons. The first-order chi connectivity index (χ1) is 19.6. The summed E-state index contributed by atoms with van der Waals surface area (Å²) in [7, 11) is -1.59. The number of nitrogens with one attached hydrogen (secondary N) is 3. The van der Waals surface area contributed by atoms with E-state index in [0.29, 0.717) is 27.6 Å². The highest BCUT2D eigenvalue weighted by Gasteiger charge is 2.60. The molecule has 2 aromatic rings. The van der Waals surface area contributed by atoms with Crippen LogP contribution in [0.25, 0.3) is 0 Å². The molecule has 0 aliphatic heterocycles. The van der Waals surface area contributed by atoms with Crippen molar-refractivity contribution in [3.63, 3.8) is 0 Å². The average molecular weight is 617 g/mol. The number of amides is 1. The first-order valence-electron chi connectivity index (χ1n) is 14.1. The molecule has 0 spiro atoms. The summed E-state index contributed by atoms with van der Waals surface area (Å²) in [5, 5.41) is 17.1. The first-order valence-corrected chi connectivity index (χ1v) is 16.5. The smallest absolute Gasteiger partial charge is 0.407 e. The van der Waals surface area contributed by atoms with Crippen molar-refractivity contribution in [2.75, 3.05) is 30.9 Å². The van der Waals surface area contributed by atoms with Gasteiger partial charge in [0.15, 0.2) is 5.29 Å². The number of methoxy groups -OCH3 is 1. The van der Waals surface area contributed by atoms with E-state index in [0.717, 1.165) is 5.69 Å². The zero-order valence-corrected chi connectivity index (χ0v) is 28.0. The second kappa shape index (κ2) is 14.8. The maximum atomic E-state index is 16.3. The molecule has 0 fully saturated rings. The molecule has 8 nitrogen and oxygen atoms in total. The van der Waals surface area contributed by atoms with Gasteiger partial charge >= 0.3 is 6.09 Å². The Bertz CT molecular complexity index is 1270. The molecule has 0 saturated carbocycles. The largest absolute Gasteiger partial charge is 0.538 e. The molecule has 1 amide bonds. The average Bonchev–Trinajstić information content (AvgIpc) is 2.88. The van der Waals surface area contributed by atoms with E-state index < -0.39 is 25.3 Å². The summed E-state index contributed by atoms with van der Waals surface area (Å²) in [6.07, 6.45) is -0.562. The van der Waals surface area contributed by atoms with Crippen LogP contribution >= 0.6 is 12.2 Å². The molecule has 3 N–H and O–H groups in total. The Labute approximate surface area is 256 Å². The lowest BCUT2D eigenvalue weighted by molar-refractivity contribution is 0.0523. The SMILES string of the molecule is COCC(C)(F)[Si](Oc1ccccc1NC(=S)CNc1ccc(C#N)c(CNC(=O)OC(C)(C)C)c1)(C(C)C)C(C)C. The van der Waals surface area contributed by atoms with Gasteiger partial charge in [0.1, 0.15) is 11.4 Å². The second-order valence-electron chi connectivity index (χ2n) is 12.1. The fourth-order valence-corrected chi connectivity index (χ4v) is 10.8. The third-order valence-electron chi connectivity index (χ3n) is 6.89. The van der Waals surface area contributed by atoms with Crippen LogP contribution in [0.1, 0.15) is 66.5 Å². The molecular formula is C31H45FN4O4SSi. The van der Waals surface area contributed by atoms with E-state index in [9.17, 15) is 10.1 Å². The second-order valence-corrected chi connectivity index (χ2v) is 17.7. The number of para-hydroxylation sites is 2. The molecule has 2 rings (SSSR count). The molecule has 2 aromatic carbocycles. The van der Waals surface area contributed by atoms with Crippen LogP contribution < -0.4 is 20.4 Å². The number of ether oxygens (including phenoxy) is 2. The lowest BCUT2D eigenvalue weighted by Crippen LogP contribution is -2.65. The minimum atomic E-state index is -3.09. The predicted octanol–water partition coefficient (Wildman–Crippen LogP) is 7.49. The van der Waals surface area contributed by atoms with Gasteiger partial charge in [-0.25, -0.2) is 9.18 Å². The number of benzene rings is 2. The lowest BCUT2D eigenvalue weighted by Gasteiger charge is -2.46. The molecule has 11 heteroatoms. The fraction of sp³-hybridized carbons (Fsp3) is 0.516. The number of hydrogen-bond donors (Lipinski definition) is 3. The number of halogens is 1. The van der Waals surface area contributed by atoms with Gasteiger partial charge in [-0.15, -0.1) is 0 Å². The van der Waals surface area contributed by atoms with E-state index in [4.69, 9.17) is 26.1 Å². The van der Waals surface area contributed by atoms with E-state index in [2.05, 4.69) is 22.0 Å². The van der Waals surface area contributed by atoms with Crippen LogP contribution in [0.4, 0.5) is 20.6 Å². The molecule has 1 atom stereocenters. The number of alkyl halides is 1. The van der Waals surface area contributed by atoms with Crippen LogP contribution in [-0.2, 0) is 16.0 Å². The van der Waals surface area contributed by atoms with Crippen LogP contribution in [0.15, 0.2) is 42.5 Å². The number of nitrogens with zero attached hydrogens (tertiary/aromatic N) is 1. The summed E-state index contributed by atoms with van der Waals surface area (Å²) in [6.45, 7) is 15.4. The Morgan fingerprint density at radius 3 is 2.31 bits per heavy atom. The van der Waals surface area contributed by atoms with Gasteiger partial charge in [-0.1, -0.05) is 52.0 Å². The normalized spacial score (nSPS) is 13.2. The van der Waals surface area contributed by atoms with Gasteiger partial charge < -0.3 is 29.9 Å². The highest BCUT2D eigenvalue weighted by atomic mass is 32.1. The van der Waals surface area contributed by atoms with Crippen LogP contribution in [0, 0.1) is 11.3 Å². The number of rotatable bonds is 13. The van der Waals surface area contributed by atoms with Gasteiger partial charge in [0.05, 0.1) is 35.5 Å². The van der Waals surface area contributed by atoms with Gasteiger partial charge in [-0.2, -0.15) is 5.26 Å². The predicted molar refractivity (Wildman–Crippen MR) is 173 cm³/mol. The Kier molecular flexibility index (Phi) is 12.3. The van der Waals surface area contributed by atoms with Crippen LogP contribution in [-0.4, -0.2) is 50.6 Å². The summed E-state index contributed by atoms with van der Waals surface area (Å²) >= 11 is 5.63. The number of alkyl carbamates (subject to hydrolysis) is 1. The number of carbonyl (C=O) groups is 1. The number of hydrogen-bond acceptors (Lipinski definition) is 7. The van der Waals surface area contributed by atoms with Crippen molar-refractivity contribution in [1.82, 2.24) is 5.32 Å². The molecule has 0 saturated heterocycles. The summed E-state index contributed by atoms with van der Waals surface area (Å²) in [6, 6.07) is 14.8. The molecule has 42 heavy (non-hydrogen) atoms. The Hall–Kier alpha value is -3.20. The van der Waals surface area contributed by atoms with Gasteiger partial charge in [0, 0.05) is 19.3 Å². The lowest BCUT2D eigenvalue weighted by atomic mass is 10.1. The Morgan fingerprint density at radius 2 is 1.74 bits per heavy atom. The number of carbonyl (C=O) groups excluding carboxylic acids is 1. The molecule has 0 heterocycles. The Morgan fingerprint density at radius 1 is 1.10 bits per heavy atom. The van der Waals surface area contributed by atoms with Crippen molar-refractivity contribution in [3.8, 4) is 11.8 Å². The van der Waals surface area contributed by atoms with E-state index in [-0.39, 0.29) is 30.8 Å². The summed E-state index contributed by atoms with van der Waals surface area (Å²) < 4.78 is 33.5. The van der Waals surface area contributed by atoms with E-state index in [1.165, 1.54) is 7.11 Å². The standard InChI is InChI=1S/C31H45FN4O4SSi/c1-21(2)42(22(3)4,31(8,32)20-38-9)40-27-13-11-10-12-26(27)36-28(41)19-34-25-15-14-23(17-33)24(16-25)18-35-29(37)39-30(5,6)7/h10-16,21-22,34H,18-20H2,1-9H3,(H,35,37)(H,36,41). The monoisotopic (exact) mass is 616 g/mol. The van der Waals surface area contributed by atoms with Crippen molar-refractivity contribution in [2.24, 2.45) is 0 Å². The molecule has 0 bridgehead atoms. The molecule has 0 aliphatic carbocycles. The maximum absolute atomic E-state index is 16.3. The van der Waals surface area contributed by atoms with Gasteiger partial charge in [-0.05, 0) is 74.7 Å². The maximum Gasteiger partial charge on any atom is 0.407 e. The number of anilines is 2. The zero-order valence-electron chi connectivity index (χ0n) is 26.2. The van der Waals surface area contributed by atoms with Crippen LogP contribution in [0.3, 0.4) is 0 Å². The fourth-order valence-electron chi connectivity index (χ4n) is 5.25. The number of thiocarbonyl (C=S) groups is 1. The van der Waals surface area contributed by atoms with Gasteiger partial charge in [0.25, 0.3) is 8.32 Å². The quantitative estimate of drug-likeness (QED) is 0.157. The van der Waals surface area contributed by atoms with Crippen molar-refractivity contribution in [3.05, 3.63) is 53.6 Å². The van der Waals surface area contributed by atoms with Crippen LogP contribution in [0.5, 0.6) is 5.75 Å². The van der Waals surface area contributed by atoms with E-state index in [1.54, 1.807) is 45.9 Å². The highest BCUT2D eigenvalue weighted by Crippen LogP contribution is 2.45. The van der Waals surface area contributed by atoms with Gasteiger partial charge in [0.2, 0.25) is 0 Å². The third kappa shape index (κ3) is 9.15. The summed E-state index contributed by atoms with van der Waals surface area (Å²) in [4.78, 5) is 12.6. The van der Waals surface area contributed by atoms with Crippen LogP contribution in [0.2, 0.25) is 11.1 Å². The van der Waals surface area contributed by atoms with E-state index >= 15 is 4.39 Å². The minimum absolute atomic E-state index is 0.0280. The first kappa shape index (κ1) is 35.0. The topological polar surface area (TPSA) is 105 Å². The van der Waals surface area contributed by atoms with Crippen molar-refractivity contribution < 1.29 is 23.1 Å². The van der Waals surface area contributed by atoms with E-state index in [1.807, 2.05) is 52.0 Å². The molecule has 0 aliphatic rings. The van der Waals surface area contributed by atoms with Crippen molar-refractivity contribution in [2.45, 2.75) is 83.9 Å². The third-order valence-corrected chi connectivity index (χ3v) is 12.9. The number of nitriles is 1. The molecule has 0 aromatic heterocycles. The molecule has 230 valence electrons. The highest BCUT2D eigenvalue weighted by molar-refractivity contribution is 7.80. The van der Waals surface area contributed by atoms with Gasteiger partial charge in [-0.3, -0.25) is 0 Å². The van der Waals surface area contributed by atoms with Crippen molar-refractivity contribution in [1.29, 1.82) is 5.26 Å². The summed E-state index contributed by atoms with van der Waals surface area (Å²) in [5.74, 6) is 0.544. The molecule has 1 unspecified atom stereocenters. The zero-order chi connectivity index (χ0) is 31.7. The van der Waals surface area contributed by atoms with Crippen molar-refractivity contribution >= 4 is 43.0 Å². The minimum Gasteiger partial charge on any atom is -0.538 e. The summed E-state index contributed by atoms with van der Waals surface area (Å²) in [5.41, 5.74) is 1.78.